The molecule has 0 radical (unpaired) electrons. The standard InChI is InChI=1S/C18H21N5O/c1-23-17(24)16(22-18(23)21-13-5-3-2-4-6-13)10-12-7-8-14-15(9-12)20-11-19-14/h7-11,13,24H,2-6H2,1H3,(H,21,22). The van der Waals surface area contributed by atoms with Gasteiger partial charge in [-0.3, -0.25) is 4.57 Å². The summed E-state index contributed by atoms with van der Waals surface area (Å²) in [5.74, 6) is 0.891. The van der Waals surface area contributed by atoms with Gasteiger partial charge in [0.2, 0.25) is 11.8 Å². The fourth-order valence-corrected chi connectivity index (χ4v) is 3.32. The van der Waals surface area contributed by atoms with Gasteiger partial charge >= 0.3 is 0 Å². The van der Waals surface area contributed by atoms with E-state index in [-0.39, 0.29) is 5.88 Å². The van der Waals surface area contributed by atoms with Crippen molar-refractivity contribution < 1.29 is 5.11 Å². The Morgan fingerprint density at radius 1 is 1.25 bits per heavy atom. The summed E-state index contributed by atoms with van der Waals surface area (Å²) in [7, 11) is 1.83. The molecule has 4 rings (SSSR count). The van der Waals surface area contributed by atoms with Crippen LogP contribution in [0.2, 0.25) is 0 Å². The molecule has 124 valence electrons. The average molecular weight is 323 g/mol. The van der Waals surface area contributed by atoms with Gasteiger partial charge in [0.05, 0.1) is 11.0 Å². The van der Waals surface area contributed by atoms with Crippen molar-refractivity contribution in [2.45, 2.75) is 38.1 Å². The molecular weight excluding hydrogens is 302 g/mol. The van der Waals surface area contributed by atoms with Crippen molar-refractivity contribution in [3.63, 3.8) is 0 Å². The third-order valence-corrected chi connectivity index (χ3v) is 4.73. The maximum atomic E-state index is 10.4. The van der Waals surface area contributed by atoms with Gasteiger partial charge in [-0.15, -0.1) is 0 Å². The second-order valence-electron chi connectivity index (χ2n) is 6.45. The van der Waals surface area contributed by atoms with Crippen molar-refractivity contribution in [3.8, 4) is 5.88 Å². The second-order valence-corrected chi connectivity index (χ2v) is 6.45. The van der Waals surface area contributed by atoms with E-state index in [1.54, 1.807) is 10.9 Å². The molecule has 1 aromatic heterocycles. The minimum atomic E-state index is 0.169. The molecule has 0 atom stereocenters. The number of anilines is 1. The number of hydrogen-bond donors (Lipinski definition) is 2. The number of benzene rings is 1. The molecule has 0 saturated heterocycles. The largest absolute Gasteiger partial charge is 0.493 e. The third kappa shape index (κ3) is 2.79. The van der Waals surface area contributed by atoms with Crippen LogP contribution in [-0.4, -0.2) is 27.0 Å². The maximum Gasteiger partial charge on any atom is 0.220 e. The molecule has 1 aliphatic carbocycles. The zero-order valence-corrected chi connectivity index (χ0v) is 13.7. The molecule has 2 heterocycles. The summed E-state index contributed by atoms with van der Waals surface area (Å²) in [5.41, 5.74) is 1.41. The smallest absolute Gasteiger partial charge is 0.220 e. The number of aromatic hydroxyl groups is 1. The number of aromatic nitrogens is 2. The van der Waals surface area contributed by atoms with Crippen molar-refractivity contribution in [1.82, 2.24) is 9.55 Å². The molecule has 2 aromatic rings. The summed E-state index contributed by atoms with van der Waals surface area (Å²) in [6.07, 6.45) is 9.59. The number of imidazole rings is 1. The first-order valence-corrected chi connectivity index (χ1v) is 8.45. The highest BCUT2D eigenvalue weighted by Crippen LogP contribution is 2.25. The van der Waals surface area contributed by atoms with Gasteiger partial charge in [0.15, 0.2) is 0 Å². The lowest BCUT2D eigenvalue weighted by molar-refractivity contribution is 0.428. The number of hydrogen-bond acceptors (Lipinski definition) is 5. The van der Waals surface area contributed by atoms with E-state index < -0.39 is 0 Å². The van der Waals surface area contributed by atoms with Gasteiger partial charge in [-0.25, -0.2) is 15.0 Å². The first kappa shape index (κ1) is 14.9. The number of aliphatic imine (C=N–C) groups is 1. The number of rotatable bonds is 3. The Labute approximate surface area is 140 Å². The minimum absolute atomic E-state index is 0.169. The zero-order valence-electron chi connectivity index (χ0n) is 13.7. The predicted molar refractivity (Wildman–Crippen MR) is 94.3 cm³/mol. The molecule has 1 fully saturated rings. The normalized spacial score (nSPS) is 17.8. The monoisotopic (exact) mass is 323 g/mol. The summed E-state index contributed by atoms with van der Waals surface area (Å²) in [4.78, 5) is 13.0. The molecule has 0 unspecified atom stereocenters. The Kier molecular flexibility index (Phi) is 3.80. The molecule has 0 spiro atoms. The summed E-state index contributed by atoms with van der Waals surface area (Å²) in [6, 6.07) is 6.28. The van der Waals surface area contributed by atoms with E-state index >= 15 is 0 Å². The average Bonchev–Trinajstić information content (AvgIpc) is 3.16. The van der Waals surface area contributed by atoms with Crippen LogP contribution < -0.4 is 15.9 Å². The Morgan fingerprint density at radius 3 is 2.92 bits per heavy atom. The lowest BCUT2D eigenvalue weighted by atomic mass is 9.96. The van der Waals surface area contributed by atoms with Crippen LogP contribution in [0.5, 0.6) is 5.88 Å². The number of nitrogens with zero attached hydrogens (tertiary/aromatic N) is 4. The lowest BCUT2D eigenvalue weighted by Gasteiger charge is -2.23. The maximum absolute atomic E-state index is 10.4. The molecule has 0 bridgehead atoms. The van der Waals surface area contributed by atoms with Gasteiger partial charge in [-0.05, 0) is 36.3 Å². The predicted octanol–water partition coefficient (Wildman–Crippen LogP) is 1.99. The minimum Gasteiger partial charge on any atom is -0.493 e. The SMILES string of the molecule is Cn1c(NC2CCCCC2)nc(C=c2ccc3c(c2)N=CN=3)c1O. The van der Waals surface area contributed by atoms with Crippen LogP contribution >= 0.6 is 0 Å². The molecule has 2 N–H and O–H groups in total. The molecule has 1 saturated carbocycles. The Bertz CT molecular complexity index is 906. The fraction of sp³-hybridized carbons (Fsp3) is 0.389. The molecule has 0 amide bonds. The van der Waals surface area contributed by atoms with Crippen molar-refractivity contribution in [2.24, 2.45) is 17.0 Å². The van der Waals surface area contributed by atoms with Crippen LogP contribution in [-0.2, 0) is 7.05 Å². The lowest BCUT2D eigenvalue weighted by Crippen LogP contribution is -2.23. The molecule has 2 aliphatic rings. The molecule has 6 heteroatoms. The first-order chi connectivity index (χ1) is 11.7. The summed E-state index contributed by atoms with van der Waals surface area (Å²) in [6.45, 7) is 0. The van der Waals surface area contributed by atoms with Gasteiger partial charge in [0, 0.05) is 13.1 Å². The first-order valence-electron chi connectivity index (χ1n) is 8.45. The molecule has 6 nitrogen and oxygen atoms in total. The van der Waals surface area contributed by atoms with Crippen LogP contribution in [0.25, 0.3) is 6.08 Å². The summed E-state index contributed by atoms with van der Waals surface area (Å²) in [5, 5.41) is 15.7. The van der Waals surface area contributed by atoms with E-state index in [4.69, 9.17) is 0 Å². The van der Waals surface area contributed by atoms with Crippen molar-refractivity contribution >= 4 is 24.1 Å². The van der Waals surface area contributed by atoms with E-state index in [0.29, 0.717) is 11.7 Å². The highest BCUT2D eigenvalue weighted by atomic mass is 16.3. The van der Waals surface area contributed by atoms with Crippen LogP contribution in [0.15, 0.2) is 28.2 Å². The summed E-state index contributed by atoms with van der Waals surface area (Å²) < 4.78 is 1.71. The molecule has 24 heavy (non-hydrogen) atoms. The van der Waals surface area contributed by atoms with Gasteiger partial charge in [-0.1, -0.05) is 25.3 Å². The van der Waals surface area contributed by atoms with Crippen LogP contribution in [0.1, 0.15) is 37.8 Å². The molecule has 1 aromatic carbocycles. The molecule has 1 aliphatic heterocycles. The number of fused-ring (bicyclic) bond motifs is 1. The van der Waals surface area contributed by atoms with E-state index in [0.717, 1.165) is 22.2 Å². The van der Waals surface area contributed by atoms with Gasteiger partial charge in [0.25, 0.3) is 0 Å². The van der Waals surface area contributed by atoms with Gasteiger partial charge in [-0.2, -0.15) is 0 Å². The Balaban J connectivity index is 1.64. The van der Waals surface area contributed by atoms with E-state index in [9.17, 15) is 5.11 Å². The van der Waals surface area contributed by atoms with Gasteiger partial charge < -0.3 is 10.4 Å². The summed E-state index contributed by atoms with van der Waals surface area (Å²) >= 11 is 0. The Hall–Kier alpha value is -2.63. The van der Waals surface area contributed by atoms with E-state index in [1.807, 2.05) is 31.3 Å². The topological polar surface area (TPSA) is 74.8 Å². The number of nitrogens with one attached hydrogen (secondary N) is 1. The molecular formula is C18H21N5O. The zero-order chi connectivity index (χ0) is 16.5. The van der Waals surface area contributed by atoms with Gasteiger partial charge in [0.1, 0.15) is 12.0 Å². The van der Waals surface area contributed by atoms with Crippen molar-refractivity contribution in [3.05, 3.63) is 34.5 Å². The highest BCUT2D eigenvalue weighted by Gasteiger charge is 2.18. The second kappa shape index (κ2) is 6.11. The van der Waals surface area contributed by atoms with E-state index in [2.05, 4.69) is 20.3 Å². The third-order valence-electron chi connectivity index (χ3n) is 4.73. The quantitative estimate of drug-likeness (QED) is 0.907. The van der Waals surface area contributed by atoms with Crippen LogP contribution in [0.3, 0.4) is 0 Å². The van der Waals surface area contributed by atoms with Crippen LogP contribution in [0, 0.1) is 0 Å². The van der Waals surface area contributed by atoms with Crippen molar-refractivity contribution in [1.29, 1.82) is 0 Å². The highest BCUT2D eigenvalue weighted by molar-refractivity contribution is 5.67. The fourth-order valence-electron chi connectivity index (χ4n) is 3.32. The van der Waals surface area contributed by atoms with E-state index in [1.165, 1.54) is 32.1 Å². The van der Waals surface area contributed by atoms with Crippen molar-refractivity contribution in [2.75, 3.05) is 5.32 Å². The van der Waals surface area contributed by atoms with Crippen LogP contribution in [0.4, 0.5) is 11.6 Å². The Morgan fingerprint density at radius 2 is 2.08 bits per heavy atom.